The molecule has 1 aromatic carbocycles. The van der Waals surface area contributed by atoms with Gasteiger partial charge < -0.3 is 14.9 Å². The van der Waals surface area contributed by atoms with Gasteiger partial charge in [0.2, 0.25) is 0 Å². The second-order valence-corrected chi connectivity index (χ2v) is 5.16. The summed E-state index contributed by atoms with van der Waals surface area (Å²) < 4.78 is 43.4. The molecule has 0 saturated carbocycles. The van der Waals surface area contributed by atoms with Crippen LogP contribution in [0.25, 0.3) is 0 Å². The molecule has 4 nitrogen and oxygen atoms in total. The molecule has 0 spiro atoms. The number of aliphatic hydroxyl groups excluding tert-OH is 2. The van der Waals surface area contributed by atoms with Gasteiger partial charge in [0.15, 0.2) is 0 Å². The maximum Gasteiger partial charge on any atom is 0.419 e. The molecular weight excluding hydrogens is 287 g/mol. The number of nitrogens with zero attached hydrogens (tertiary/aromatic N) is 1. The highest BCUT2D eigenvalue weighted by molar-refractivity contribution is 5.35. The predicted octanol–water partition coefficient (Wildman–Crippen LogP) is 1.51. The van der Waals surface area contributed by atoms with Crippen LogP contribution in [0, 0.1) is 0 Å². The van der Waals surface area contributed by atoms with Crippen LogP contribution in [0.4, 0.5) is 13.2 Å². The highest BCUT2D eigenvalue weighted by Crippen LogP contribution is 2.35. The van der Waals surface area contributed by atoms with E-state index in [0.29, 0.717) is 19.5 Å². The Morgan fingerprint density at radius 3 is 2.67 bits per heavy atom. The Hall–Kier alpha value is -1.31. The molecule has 0 unspecified atom stereocenters. The molecule has 2 N–H and O–H groups in total. The van der Waals surface area contributed by atoms with Gasteiger partial charge in [-0.15, -0.1) is 0 Å². The smallest absolute Gasteiger partial charge is 0.419 e. The average molecular weight is 305 g/mol. The molecule has 1 heterocycles. The molecule has 2 rings (SSSR count). The van der Waals surface area contributed by atoms with E-state index in [9.17, 15) is 23.4 Å². The van der Waals surface area contributed by atoms with E-state index in [1.807, 2.05) is 4.90 Å². The zero-order valence-corrected chi connectivity index (χ0v) is 11.4. The van der Waals surface area contributed by atoms with Crippen LogP contribution >= 0.6 is 0 Å². The third-order valence-corrected chi connectivity index (χ3v) is 3.34. The van der Waals surface area contributed by atoms with Crippen LogP contribution in [-0.2, 0) is 6.18 Å². The Kier molecular flexibility index (Phi) is 5.08. The quantitative estimate of drug-likeness (QED) is 0.866. The van der Waals surface area contributed by atoms with Crippen molar-refractivity contribution in [3.05, 3.63) is 29.8 Å². The Balaban J connectivity index is 1.88. The lowest BCUT2D eigenvalue weighted by molar-refractivity contribution is -0.139. The van der Waals surface area contributed by atoms with Crippen LogP contribution in [0.3, 0.4) is 0 Å². The van der Waals surface area contributed by atoms with E-state index in [1.165, 1.54) is 18.2 Å². The van der Waals surface area contributed by atoms with Gasteiger partial charge >= 0.3 is 6.18 Å². The zero-order chi connectivity index (χ0) is 15.5. The van der Waals surface area contributed by atoms with Gasteiger partial charge in [0, 0.05) is 19.6 Å². The number of rotatable bonds is 5. The van der Waals surface area contributed by atoms with Crippen LogP contribution in [0.2, 0.25) is 0 Å². The van der Waals surface area contributed by atoms with Crippen molar-refractivity contribution < 1.29 is 28.1 Å². The number of ether oxygens (including phenoxy) is 1. The summed E-state index contributed by atoms with van der Waals surface area (Å²) in [5.41, 5.74) is -0.853. The van der Waals surface area contributed by atoms with E-state index >= 15 is 0 Å². The molecular formula is C14H18F3NO3. The molecule has 0 aromatic heterocycles. The van der Waals surface area contributed by atoms with Crippen molar-refractivity contribution in [3.63, 3.8) is 0 Å². The third-order valence-electron chi connectivity index (χ3n) is 3.34. The summed E-state index contributed by atoms with van der Waals surface area (Å²) in [6, 6.07) is 4.92. The standard InChI is InChI=1S/C14H18F3NO3/c15-14(16,17)12-3-1-2-4-13(12)21-9-11(20)8-18-6-5-10(19)7-18/h1-4,10-11,19-20H,5-9H2/t10-,11-/m0/s1. The molecule has 1 saturated heterocycles. The largest absolute Gasteiger partial charge is 0.490 e. The van der Waals surface area contributed by atoms with E-state index in [2.05, 4.69) is 0 Å². The van der Waals surface area contributed by atoms with Crippen molar-refractivity contribution in [2.75, 3.05) is 26.2 Å². The molecule has 118 valence electrons. The van der Waals surface area contributed by atoms with Crippen LogP contribution < -0.4 is 4.74 Å². The van der Waals surface area contributed by atoms with E-state index in [0.717, 1.165) is 6.07 Å². The van der Waals surface area contributed by atoms with Gasteiger partial charge in [-0.1, -0.05) is 12.1 Å². The molecule has 21 heavy (non-hydrogen) atoms. The SMILES string of the molecule is O[C@H](COc1ccccc1C(F)(F)F)CN1CC[C@H](O)C1. The molecule has 7 heteroatoms. The fourth-order valence-corrected chi connectivity index (χ4v) is 2.34. The molecule has 1 aromatic rings. The number of hydrogen-bond donors (Lipinski definition) is 2. The topological polar surface area (TPSA) is 52.9 Å². The summed E-state index contributed by atoms with van der Waals surface area (Å²) in [4.78, 5) is 1.86. The minimum atomic E-state index is -4.49. The first-order valence-electron chi connectivity index (χ1n) is 6.74. The van der Waals surface area contributed by atoms with Gasteiger partial charge in [0.1, 0.15) is 18.5 Å². The summed E-state index contributed by atoms with van der Waals surface area (Å²) in [6.07, 6.45) is -5.15. The molecule has 1 aliphatic rings. The summed E-state index contributed by atoms with van der Waals surface area (Å²) in [5.74, 6) is -0.287. The minimum absolute atomic E-state index is 0.223. The first-order chi connectivity index (χ1) is 9.86. The maximum atomic E-state index is 12.8. The van der Waals surface area contributed by atoms with Crippen molar-refractivity contribution in [1.29, 1.82) is 0 Å². The van der Waals surface area contributed by atoms with Crippen molar-refractivity contribution in [2.24, 2.45) is 0 Å². The van der Waals surface area contributed by atoms with E-state index < -0.39 is 23.9 Å². The summed E-state index contributed by atoms with van der Waals surface area (Å²) in [7, 11) is 0. The van der Waals surface area contributed by atoms with Gasteiger partial charge in [-0.05, 0) is 18.6 Å². The normalized spacial score (nSPS) is 21.5. The summed E-state index contributed by atoms with van der Waals surface area (Å²) >= 11 is 0. The second-order valence-electron chi connectivity index (χ2n) is 5.16. The molecule has 0 bridgehead atoms. The summed E-state index contributed by atoms with van der Waals surface area (Å²) in [6.45, 7) is 1.18. The monoisotopic (exact) mass is 305 g/mol. The van der Waals surface area contributed by atoms with Crippen molar-refractivity contribution in [2.45, 2.75) is 24.8 Å². The predicted molar refractivity (Wildman–Crippen MR) is 70.0 cm³/mol. The number of para-hydroxylation sites is 1. The van der Waals surface area contributed by atoms with Crippen LogP contribution in [0.15, 0.2) is 24.3 Å². The van der Waals surface area contributed by atoms with Gasteiger partial charge in [-0.3, -0.25) is 4.90 Å². The summed E-state index contributed by atoms with van der Waals surface area (Å²) in [5, 5.41) is 19.2. The number of likely N-dealkylation sites (tertiary alicyclic amines) is 1. The van der Waals surface area contributed by atoms with E-state index in [4.69, 9.17) is 4.74 Å². The van der Waals surface area contributed by atoms with Gasteiger partial charge in [-0.25, -0.2) is 0 Å². The fourth-order valence-electron chi connectivity index (χ4n) is 2.34. The van der Waals surface area contributed by atoms with Crippen molar-refractivity contribution in [3.8, 4) is 5.75 Å². The fraction of sp³-hybridized carbons (Fsp3) is 0.571. The van der Waals surface area contributed by atoms with Gasteiger partial charge in [0.25, 0.3) is 0 Å². The number of hydrogen-bond acceptors (Lipinski definition) is 4. The molecule has 2 atom stereocenters. The lowest BCUT2D eigenvalue weighted by atomic mass is 10.2. The molecule has 0 amide bonds. The Morgan fingerprint density at radius 2 is 2.05 bits per heavy atom. The number of aliphatic hydroxyl groups is 2. The molecule has 1 fully saturated rings. The molecule has 0 aliphatic carbocycles. The van der Waals surface area contributed by atoms with E-state index in [-0.39, 0.29) is 18.9 Å². The second kappa shape index (κ2) is 6.64. The van der Waals surface area contributed by atoms with Crippen molar-refractivity contribution in [1.82, 2.24) is 4.90 Å². The molecule has 0 radical (unpaired) electrons. The lowest BCUT2D eigenvalue weighted by Gasteiger charge is -2.20. The van der Waals surface area contributed by atoms with Crippen LogP contribution in [0.5, 0.6) is 5.75 Å². The van der Waals surface area contributed by atoms with Gasteiger partial charge in [0.05, 0.1) is 11.7 Å². The Morgan fingerprint density at radius 1 is 1.33 bits per heavy atom. The number of alkyl halides is 3. The van der Waals surface area contributed by atoms with E-state index in [1.54, 1.807) is 0 Å². The highest BCUT2D eigenvalue weighted by atomic mass is 19.4. The highest BCUT2D eigenvalue weighted by Gasteiger charge is 2.34. The Bertz CT molecular complexity index is 467. The maximum absolute atomic E-state index is 12.8. The van der Waals surface area contributed by atoms with Crippen LogP contribution in [-0.4, -0.2) is 53.6 Å². The number of β-amino-alcohol motifs (C(OH)–C–C–N with tert-alkyl or cyclic N) is 2. The average Bonchev–Trinajstić information content (AvgIpc) is 2.81. The van der Waals surface area contributed by atoms with Gasteiger partial charge in [-0.2, -0.15) is 13.2 Å². The Labute approximate surface area is 120 Å². The minimum Gasteiger partial charge on any atom is -0.490 e. The first kappa shape index (κ1) is 16.1. The number of benzene rings is 1. The number of halogens is 3. The van der Waals surface area contributed by atoms with Crippen molar-refractivity contribution >= 4 is 0 Å². The van der Waals surface area contributed by atoms with Crippen LogP contribution in [0.1, 0.15) is 12.0 Å². The lowest BCUT2D eigenvalue weighted by Crippen LogP contribution is -2.34. The third kappa shape index (κ3) is 4.59. The first-order valence-corrected chi connectivity index (χ1v) is 6.74. The molecule has 1 aliphatic heterocycles. The zero-order valence-electron chi connectivity index (χ0n) is 11.4.